The van der Waals surface area contributed by atoms with Gasteiger partial charge in [0.05, 0.1) is 18.4 Å². The van der Waals surface area contributed by atoms with Crippen LogP contribution < -0.4 is 4.74 Å². The highest BCUT2D eigenvalue weighted by atomic mass is 32.2. The van der Waals surface area contributed by atoms with Gasteiger partial charge in [-0.05, 0) is 30.2 Å². The summed E-state index contributed by atoms with van der Waals surface area (Å²) in [5.74, 6) is 0.785. The molecule has 4 heteroatoms. The second-order valence-electron chi connectivity index (χ2n) is 4.84. The highest BCUT2D eigenvalue weighted by Crippen LogP contribution is 2.21. The first kappa shape index (κ1) is 15.4. The summed E-state index contributed by atoms with van der Waals surface area (Å²) in [7, 11) is 0.312. The maximum absolute atomic E-state index is 12.3. The zero-order valence-corrected chi connectivity index (χ0v) is 13.0. The van der Waals surface area contributed by atoms with Gasteiger partial charge in [-0.15, -0.1) is 0 Å². The zero-order valence-electron chi connectivity index (χ0n) is 12.2. The first-order valence-corrected chi connectivity index (χ1v) is 8.15. The number of carbonyl (C=O) groups excluding carboxylic acids is 1. The number of aryl methyl sites for hydroxylation is 1. The molecule has 0 heterocycles. The van der Waals surface area contributed by atoms with Crippen LogP contribution in [0.25, 0.3) is 0 Å². The molecule has 0 radical (unpaired) electrons. The quantitative estimate of drug-likeness (QED) is 0.770. The Bertz CT molecular complexity index is 650. The number of carbonyl (C=O) groups is 1. The van der Waals surface area contributed by atoms with Crippen LogP contribution in [-0.2, 0) is 16.6 Å². The summed E-state index contributed by atoms with van der Waals surface area (Å²) in [6.07, 6.45) is 0. The Balaban J connectivity index is 2.06. The largest absolute Gasteiger partial charge is 0.496 e. The van der Waals surface area contributed by atoms with E-state index in [1.54, 1.807) is 6.07 Å². The van der Waals surface area contributed by atoms with E-state index in [9.17, 15) is 9.00 Å². The van der Waals surface area contributed by atoms with Gasteiger partial charge in [0.2, 0.25) is 0 Å². The van der Waals surface area contributed by atoms with Crippen molar-refractivity contribution < 1.29 is 13.7 Å². The Kier molecular flexibility index (Phi) is 5.28. The predicted octanol–water partition coefficient (Wildman–Crippen LogP) is 3.14. The van der Waals surface area contributed by atoms with Crippen molar-refractivity contribution in [3.63, 3.8) is 0 Å². The lowest BCUT2D eigenvalue weighted by Crippen LogP contribution is -2.13. The summed E-state index contributed by atoms with van der Waals surface area (Å²) < 4.78 is 17.3. The number of hydrogen-bond acceptors (Lipinski definition) is 3. The Morgan fingerprint density at radius 3 is 2.52 bits per heavy atom. The van der Waals surface area contributed by atoms with E-state index >= 15 is 0 Å². The summed E-state index contributed by atoms with van der Waals surface area (Å²) in [5.41, 5.74) is 2.48. The van der Waals surface area contributed by atoms with E-state index < -0.39 is 10.8 Å². The first-order chi connectivity index (χ1) is 10.1. The minimum atomic E-state index is -1.22. The van der Waals surface area contributed by atoms with Crippen molar-refractivity contribution in [1.82, 2.24) is 0 Å². The summed E-state index contributed by atoms with van der Waals surface area (Å²) in [6.45, 7) is 1.93. The lowest BCUT2D eigenvalue weighted by Gasteiger charge is -2.08. The average Bonchev–Trinajstić information content (AvgIpc) is 2.47. The molecule has 0 bridgehead atoms. The van der Waals surface area contributed by atoms with Crippen LogP contribution in [0.1, 0.15) is 21.5 Å². The normalized spacial score (nSPS) is 11.9. The smallest absolute Gasteiger partial charge is 0.179 e. The minimum absolute atomic E-state index is 0.00825. The Morgan fingerprint density at radius 2 is 1.86 bits per heavy atom. The van der Waals surface area contributed by atoms with Crippen molar-refractivity contribution in [2.75, 3.05) is 12.9 Å². The Labute approximate surface area is 127 Å². The van der Waals surface area contributed by atoms with E-state index in [0.29, 0.717) is 17.1 Å². The number of Topliss-reactive ketones (excluding diaryl/α,β-unsaturated/α-hetero) is 1. The summed E-state index contributed by atoms with van der Waals surface area (Å²) in [6, 6.07) is 14.9. The molecular weight excluding hydrogens is 284 g/mol. The number of rotatable bonds is 6. The van der Waals surface area contributed by atoms with Gasteiger partial charge in [0.15, 0.2) is 5.78 Å². The summed E-state index contributed by atoms with van der Waals surface area (Å²) in [4.78, 5) is 12.3. The van der Waals surface area contributed by atoms with Crippen LogP contribution in [0.3, 0.4) is 0 Å². The first-order valence-electron chi connectivity index (χ1n) is 6.67. The predicted molar refractivity (Wildman–Crippen MR) is 85.2 cm³/mol. The SMILES string of the molecule is COc1cc(C)ccc1C(=O)CS(=O)Cc1ccccc1. The molecule has 0 fully saturated rings. The average molecular weight is 302 g/mol. The second kappa shape index (κ2) is 7.18. The van der Waals surface area contributed by atoms with Gasteiger partial charge in [-0.3, -0.25) is 9.00 Å². The molecule has 0 saturated heterocycles. The number of benzene rings is 2. The van der Waals surface area contributed by atoms with Crippen LogP contribution in [0.5, 0.6) is 5.75 Å². The standard InChI is InChI=1S/C17H18O3S/c1-13-8-9-15(17(10-13)20-2)16(18)12-21(19)11-14-6-4-3-5-7-14/h3-10H,11-12H2,1-2H3. The van der Waals surface area contributed by atoms with Crippen LogP contribution in [0.2, 0.25) is 0 Å². The van der Waals surface area contributed by atoms with Crippen molar-refractivity contribution >= 4 is 16.6 Å². The molecule has 0 aliphatic carbocycles. The molecule has 2 aromatic carbocycles. The van der Waals surface area contributed by atoms with E-state index in [1.807, 2.05) is 49.4 Å². The van der Waals surface area contributed by atoms with Crippen molar-refractivity contribution in [1.29, 1.82) is 0 Å². The topological polar surface area (TPSA) is 43.4 Å². The third kappa shape index (κ3) is 4.26. The van der Waals surface area contributed by atoms with Crippen molar-refractivity contribution in [3.05, 3.63) is 65.2 Å². The maximum Gasteiger partial charge on any atom is 0.179 e. The molecule has 0 spiro atoms. The summed E-state index contributed by atoms with van der Waals surface area (Å²) in [5, 5.41) is 0. The molecule has 2 rings (SSSR count). The van der Waals surface area contributed by atoms with E-state index in [-0.39, 0.29) is 11.5 Å². The van der Waals surface area contributed by atoms with E-state index in [4.69, 9.17) is 4.74 Å². The molecule has 1 atom stereocenters. The Morgan fingerprint density at radius 1 is 1.14 bits per heavy atom. The lowest BCUT2D eigenvalue weighted by molar-refractivity contribution is 0.101. The van der Waals surface area contributed by atoms with Crippen LogP contribution in [0.4, 0.5) is 0 Å². The fraction of sp³-hybridized carbons (Fsp3) is 0.235. The number of methoxy groups -OCH3 is 1. The second-order valence-corrected chi connectivity index (χ2v) is 6.30. The van der Waals surface area contributed by atoms with Gasteiger partial charge in [-0.1, -0.05) is 36.4 Å². The Hall–Kier alpha value is -1.94. The van der Waals surface area contributed by atoms with Gasteiger partial charge >= 0.3 is 0 Å². The third-order valence-corrected chi connectivity index (χ3v) is 4.36. The fourth-order valence-electron chi connectivity index (χ4n) is 2.06. The summed E-state index contributed by atoms with van der Waals surface area (Å²) >= 11 is 0. The molecule has 2 aromatic rings. The fourth-order valence-corrected chi connectivity index (χ4v) is 3.18. The third-order valence-electron chi connectivity index (χ3n) is 3.12. The highest BCUT2D eigenvalue weighted by Gasteiger charge is 2.15. The van der Waals surface area contributed by atoms with E-state index in [2.05, 4.69) is 0 Å². The van der Waals surface area contributed by atoms with Gasteiger partial charge < -0.3 is 4.74 Å². The monoisotopic (exact) mass is 302 g/mol. The lowest BCUT2D eigenvalue weighted by atomic mass is 10.1. The van der Waals surface area contributed by atoms with Gasteiger partial charge in [0.25, 0.3) is 0 Å². The molecule has 0 saturated carbocycles. The molecule has 0 aromatic heterocycles. The van der Waals surface area contributed by atoms with Crippen molar-refractivity contribution in [3.8, 4) is 5.75 Å². The van der Waals surface area contributed by atoms with E-state index in [0.717, 1.165) is 11.1 Å². The molecule has 0 aliphatic rings. The maximum atomic E-state index is 12.3. The molecule has 110 valence electrons. The number of ether oxygens (including phenoxy) is 1. The number of hydrogen-bond donors (Lipinski definition) is 0. The molecule has 1 unspecified atom stereocenters. The minimum Gasteiger partial charge on any atom is -0.496 e. The zero-order chi connectivity index (χ0) is 15.2. The van der Waals surface area contributed by atoms with E-state index in [1.165, 1.54) is 7.11 Å². The molecule has 0 amide bonds. The molecular formula is C17H18O3S. The van der Waals surface area contributed by atoms with Crippen LogP contribution in [0.15, 0.2) is 48.5 Å². The van der Waals surface area contributed by atoms with Crippen molar-refractivity contribution in [2.45, 2.75) is 12.7 Å². The van der Waals surface area contributed by atoms with Crippen LogP contribution in [0, 0.1) is 6.92 Å². The van der Waals surface area contributed by atoms with Crippen LogP contribution >= 0.6 is 0 Å². The molecule has 21 heavy (non-hydrogen) atoms. The molecule has 0 N–H and O–H groups in total. The van der Waals surface area contributed by atoms with Gasteiger partial charge in [-0.25, -0.2) is 0 Å². The van der Waals surface area contributed by atoms with Gasteiger partial charge in [-0.2, -0.15) is 0 Å². The van der Waals surface area contributed by atoms with Crippen molar-refractivity contribution in [2.24, 2.45) is 0 Å². The highest BCUT2D eigenvalue weighted by molar-refractivity contribution is 7.85. The van der Waals surface area contributed by atoms with Gasteiger partial charge in [0.1, 0.15) is 5.75 Å². The molecule has 0 aliphatic heterocycles. The van der Waals surface area contributed by atoms with Gasteiger partial charge in [0, 0.05) is 16.6 Å². The van der Waals surface area contributed by atoms with Crippen LogP contribution in [-0.4, -0.2) is 22.9 Å². The number of ketones is 1. The molecule has 3 nitrogen and oxygen atoms in total.